The molecule has 0 fully saturated rings. The van der Waals surface area contributed by atoms with E-state index in [1.807, 2.05) is 19.1 Å². The van der Waals surface area contributed by atoms with Crippen LogP contribution in [0.1, 0.15) is 36.9 Å². The van der Waals surface area contributed by atoms with E-state index in [1.54, 1.807) is 20.4 Å². The van der Waals surface area contributed by atoms with Crippen molar-refractivity contribution < 1.29 is 9.53 Å². The van der Waals surface area contributed by atoms with Gasteiger partial charge in [-0.2, -0.15) is 0 Å². The van der Waals surface area contributed by atoms with Gasteiger partial charge in [-0.15, -0.1) is 0 Å². The Morgan fingerprint density at radius 2 is 2.17 bits per heavy atom. The molecule has 160 valence electrons. The van der Waals surface area contributed by atoms with Crippen LogP contribution in [-0.2, 0) is 9.53 Å². The minimum atomic E-state index is -0.205. The smallest absolute Gasteiger partial charge is 0.265 e. The van der Waals surface area contributed by atoms with Crippen molar-refractivity contribution in [3.05, 3.63) is 41.9 Å². The van der Waals surface area contributed by atoms with Gasteiger partial charge in [0, 0.05) is 38.4 Å². The number of rotatable bonds is 9. The average Bonchev–Trinajstić information content (AvgIpc) is 3.11. The van der Waals surface area contributed by atoms with Gasteiger partial charge in [-0.1, -0.05) is 18.2 Å². The largest absolute Gasteiger partial charge is 0.385 e. The molecule has 30 heavy (non-hydrogen) atoms. The van der Waals surface area contributed by atoms with Gasteiger partial charge in [0.15, 0.2) is 5.82 Å². The van der Waals surface area contributed by atoms with Crippen LogP contribution in [0, 0.1) is 6.92 Å². The summed E-state index contributed by atoms with van der Waals surface area (Å²) in [4.78, 5) is 28.1. The Bertz CT molecular complexity index is 914. The number of carbonyl (C=O) groups excluding carboxylic acids is 1. The minimum Gasteiger partial charge on any atom is -0.385 e. The summed E-state index contributed by atoms with van der Waals surface area (Å²) in [6, 6.07) is 8.30. The van der Waals surface area contributed by atoms with Crippen molar-refractivity contribution in [2.24, 2.45) is 10.7 Å². The maximum atomic E-state index is 12.4. The molecule has 1 aromatic heterocycles. The van der Waals surface area contributed by atoms with E-state index in [0.717, 1.165) is 30.8 Å². The minimum absolute atomic E-state index is 0.205. The molecule has 1 aromatic carbocycles. The fraction of sp³-hybridized carbons (Fsp3) is 0.455. The van der Waals surface area contributed by atoms with E-state index in [4.69, 9.17) is 10.5 Å². The lowest BCUT2D eigenvalue weighted by Crippen LogP contribution is -2.30. The molecule has 2 aromatic rings. The van der Waals surface area contributed by atoms with Crippen molar-refractivity contribution in [2.45, 2.75) is 32.6 Å². The molecule has 0 radical (unpaired) electrons. The predicted molar refractivity (Wildman–Crippen MR) is 119 cm³/mol. The van der Waals surface area contributed by atoms with E-state index in [2.05, 4.69) is 37.3 Å². The SMILES string of the molecule is COCCCNC(=O)C(C)=Nc1c(C)ncnc1N1CC(CCN)c2ccccc21. The summed E-state index contributed by atoms with van der Waals surface area (Å²) >= 11 is 0. The summed E-state index contributed by atoms with van der Waals surface area (Å²) in [5.41, 5.74) is 9.93. The molecule has 1 amide bonds. The Morgan fingerprint density at radius 1 is 1.37 bits per heavy atom. The molecule has 0 spiro atoms. The number of ether oxygens (including phenoxy) is 1. The Morgan fingerprint density at radius 3 is 2.93 bits per heavy atom. The van der Waals surface area contributed by atoms with Crippen molar-refractivity contribution in [1.29, 1.82) is 0 Å². The first-order valence-corrected chi connectivity index (χ1v) is 10.3. The number of benzene rings is 1. The zero-order valence-electron chi connectivity index (χ0n) is 17.9. The summed E-state index contributed by atoms with van der Waals surface area (Å²) in [6.45, 7) is 6.13. The van der Waals surface area contributed by atoms with Gasteiger partial charge in [0.05, 0.1) is 5.69 Å². The number of fused-ring (bicyclic) bond motifs is 1. The van der Waals surface area contributed by atoms with Crippen LogP contribution in [0.2, 0.25) is 0 Å². The van der Waals surface area contributed by atoms with Crippen LogP contribution >= 0.6 is 0 Å². The van der Waals surface area contributed by atoms with Crippen molar-refractivity contribution in [3.63, 3.8) is 0 Å². The second-order valence-electron chi connectivity index (χ2n) is 7.37. The number of aryl methyl sites for hydroxylation is 1. The van der Waals surface area contributed by atoms with Gasteiger partial charge >= 0.3 is 0 Å². The van der Waals surface area contributed by atoms with Crippen LogP contribution < -0.4 is 16.0 Å². The van der Waals surface area contributed by atoms with Gasteiger partial charge in [0.1, 0.15) is 17.7 Å². The molecule has 8 nitrogen and oxygen atoms in total. The summed E-state index contributed by atoms with van der Waals surface area (Å²) in [7, 11) is 1.64. The molecular formula is C22H30N6O2. The number of amides is 1. The summed E-state index contributed by atoms with van der Waals surface area (Å²) in [5.74, 6) is 0.840. The van der Waals surface area contributed by atoms with Crippen molar-refractivity contribution >= 4 is 28.8 Å². The number of aromatic nitrogens is 2. The van der Waals surface area contributed by atoms with Crippen molar-refractivity contribution in [2.75, 3.05) is 38.3 Å². The lowest BCUT2D eigenvalue weighted by molar-refractivity contribution is -0.114. The molecule has 3 rings (SSSR count). The third kappa shape index (κ3) is 4.83. The van der Waals surface area contributed by atoms with Crippen LogP contribution in [0.5, 0.6) is 0 Å². The van der Waals surface area contributed by atoms with Gasteiger partial charge in [-0.25, -0.2) is 15.0 Å². The van der Waals surface area contributed by atoms with Crippen LogP contribution in [0.15, 0.2) is 35.6 Å². The first-order chi connectivity index (χ1) is 14.6. The van der Waals surface area contributed by atoms with Crippen LogP contribution in [0.4, 0.5) is 17.2 Å². The van der Waals surface area contributed by atoms with Gasteiger partial charge in [-0.3, -0.25) is 4.79 Å². The quantitative estimate of drug-likeness (QED) is 0.486. The Kier molecular flexibility index (Phi) is 7.48. The first kappa shape index (κ1) is 21.9. The summed E-state index contributed by atoms with van der Waals surface area (Å²) in [6.07, 6.45) is 3.20. The van der Waals surface area contributed by atoms with Gasteiger partial charge < -0.3 is 20.7 Å². The van der Waals surface area contributed by atoms with E-state index in [9.17, 15) is 4.79 Å². The normalized spacial score (nSPS) is 15.9. The fourth-order valence-electron chi connectivity index (χ4n) is 3.69. The Hall–Kier alpha value is -2.84. The van der Waals surface area contributed by atoms with Crippen molar-refractivity contribution in [1.82, 2.24) is 15.3 Å². The predicted octanol–water partition coefficient (Wildman–Crippen LogP) is 2.61. The van der Waals surface area contributed by atoms with E-state index in [0.29, 0.717) is 42.8 Å². The number of hydrogen-bond acceptors (Lipinski definition) is 7. The number of para-hydroxylation sites is 1. The molecule has 0 saturated heterocycles. The molecule has 1 aliphatic rings. The van der Waals surface area contributed by atoms with E-state index >= 15 is 0 Å². The molecule has 1 atom stereocenters. The van der Waals surface area contributed by atoms with Crippen LogP contribution in [-0.4, -0.2) is 54.9 Å². The maximum absolute atomic E-state index is 12.4. The number of nitrogens with two attached hydrogens (primary N) is 1. The molecule has 3 N–H and O–H groups in total. The highest BCUT2D eigenvalue weighted by Gasteiger charge is 2.31. The van der Waals surface area contributed by atoms with E-state index in [-0.39, 0.29) is 5.91 Å². The molecule has 0 saturated carbocycles. The van der Waals surface area contributed by atoms with E-state index in [1.165, 1.54) is 5.56 Å². The number of methoxy groups -OCH3 is 1. The zero-order chi connectivity index (χ0) is 21.5. The molecule has 2 heterocycles. The summed E-state index contributed by atoms with van der Waals surface area (Å²) < 4.78 is 5.01. The summed E-state index contributed by atoms with van der Waals surface area (Å²) in [5, 5.41) is 2.87. The topological polar surface area (TPSA) is 106 Å². The lowest BCUT2D eigenvalue weighted by Gasteiger charge is -2.21. The average molecular weight is 411 g/mol. The zero-order valence-corrected chi connectivity index (χ0v) is 17.9. The number of nitrogens with zero attached hydrogens (tertiary/aromatic N) is 4. The molecule has 1 unspecified atom stereocenters. The molecule has 1 aliphatic heterocycles. The molecule has 0 bridgehead atoms. The van der Waals surface area contributed by atoms with Crippen LogP contribution in [0.25, 0.3) is 0 Å². The monoisotopic (exact) mass is 410 g/mol. The molecule has 0 aliphatic carbocycles. The second kappa shape index (κ2) is 10.3. The highest BCUT2D eigenvalue weighted by molar-refractivity contribution is 6.38. The van der Waals surface area contributed by atoms with Gasteiger partial charge in [0.2, 0.25) is 0 Å². The number of nitrogens with one attached hydrogen (secondary N) is 1. The third-order valence-electron chi connectivity index (χ3n) is 5.25. The Labute approximate surface area is 177 Å². The lowest BCUT2D eigenvalue weighted by atomic mass is 9.98. The van der Waals surface area contributed by atoms with E-state index < -0.39 is 0 Å². The Balaban J connectivity index is 1.90. The number of carbonyl (C=O) groups is 1. The molecule has 8 heteroatoms. The molecular weight excluding hydrogens is 380 g/mol. The highest BCUT2D eigenvalue weighted by Crippen LogP contribution is 2.44. The number of hydrogen-bond donors (Lipinski definition) is 2. The van der Waals surface area contributed by atoms with Crippen LogP contribution in [0.3, 0.4) is 0 Å². The first-order valence-electron chi connectivity index (χ1n) is 10.3. The standard InChI is InChI=1S/C22H30N6O2/c1-15-20(27-16(2)22(29)24-11-6-12-30-3)21(26-14-25-15)28-13-17(9-10-23)18-7-4-5-8-19(18)28/h4-5,7-8,14,17H,6,9-13,23H2,1-3H3,(H,24,29). The fourth-order valence-corrected chi connectivity index (χ4v) is 3.69. The third-order valence-corrected chi connectivity index (χ3v) is 5.25. The van der Waals surface area contributed by atoms with Crippen molar-refractivity contribution in [3.8, 4) is 0 Å². The maximum Gasteiger partial charge on any atom is 0.265 e. The highest BCUT2D eigenvalue weighted by atomic mass is 16.5. The number of aliphatic imine (C=N–C) groups is 1. The van der Waals surface area contributed by atoms with Gasteiger partial charge in [-0.05, 0) is 44.9 Å². The van der Waals surface area contributed by atoms with Gasteiger partial charge in [0.25, 0.3) is 5.91 Å². The number of anilines is 2. The second-order valence-corrected chi connectivity index (χ2v) is 7.37.